The third-order valence-electron chi connectivity index (χ3n) is 3.22. The number of anilines is 1. The van der Waals surface area contributed by atoms with Gasteiger partial charge in [0.2, 0.25) is 0 Å². The SMILES string of the molecule is CC(C)(C)OC(=O)N1CCC[C@@H]1S(=O)(=O)Nc1ccccc1. The van der Waals surface area contributed by atoms with E-state index in [1.54, 1.807) is 51.1 Å². The van der Waals surface area contributed by atoms with Gasteiger partial charge < -0.3 is 4.74 Å². The molecule has 1 aromatic rings. The van der Waals surface area contributed by atoms with Crippen molar-refractivity contribution >= 4 is 21.8 Å². The largest absolute Gasteiger partial charge is 0.444 e. The van der Waals surface area contributed by atoms with E-state index < -0.39 is 27.1 Å². The molecule has 2 rings (SSSR count). The van der Waals surface area contributed by atoms with Gasteiger partial charge in [-0.15, -0.1) is 0 Å². The van der Waals surface area contributed by atoms with Gasteiger partial charge in [-0.05, 0) is 45.7 Å². The first-order valence-electron chi connectivity index (χ1n) is 7.25. The zero-order chi connectivity index (χ0) is 16.4. The van der Waals surface area contributed by atoms with Crippen LogP contribution < -0.4 is 4.72 Å². The highest BCUT2D eigenvalue weighted by molar-refractivity contribution is 7.93. The third-order valence-corrected chi connectivity index (χ3v) is 4.94. The summed E-state index contributed by atoms with van der Waals surface area (Å²) < 4.78 is 32.9. The van der Waals surface area contributed by atoms with Crippen LogP contribution in [-0.2, 0) is 14.8 Å². The Labute approximate surface area is 131 Å². The van der Waals surface area contributed by atoms with E-state index in [0.29, 0.717) is 25.1 Å². The molecule has 22 heavy (non-hydrogen) atoms. The number of carbonyl (C=O) groups excluding carboxylic acids is 1. The Hall–Kier alpha value is -1.76. The van der Waals surface area contributed by atoms with Crippen molar-refractivity contribution in [3.63, 3.8) is 0 Å². The Bertz CT molecular complexity index is 623. The van der Waals surface area contributed by atoms with Gasteiger partial charge in [-0.25, -0.2) is 13.2 Å². The fourth-order valence-electron chi connectivity index (χ4n) is 2.33. The Morgan fingerprint density at radius 3 is 2.50 bits per heavy atom. The van der Waals surface area contributed by atoms with Gasteiger partial charge in [-0.3, -0.25) is 9.62 Å². The molecule has 0 bridgehead atoms. The van der Waals surface area contributed by atoms with E-state index in [-0.39, 0.29) is 0 Å². The summed E-state index contributed by atoms with van der Waals surface area (Å²) in [7, 11) is -3.69. The molecule has 122 valence electrons. The Balaban J connectivity index is 2.14. The molecule has 1 heterocycles. The predicted molar refractivity (Wildman–Crippen MR) is 84.9 cm³/mol. The van der Waals surface area contributed by atoms with Crippen LogP contribution in [0.2, 0.25) is 0 Å². The summed E-state index contributed by atoms with van der Waals surface area (Å²) in [6, 6.07) is 8.64. The van der Waals surface area contributed by atoms with Gasteiger partial charge in [0.1, 0.15) is 5.60 Å². The molecule has 1 atom stereocenters. The second-order valence-electron chi connectivity index (χ2n) is 6.28. The van der Waals surface area contributed by atoms with Crippen LogP contribution in [0.4, 0.5) is 10.5 Å². The molecule has 0 aliphatic carbocycles. The van der Waals surface area contributed by atoms with Gasteiger partial charge >= 0.3 is 6.09 Å². The monoisotopic (exact) mass is 326 g/mol. The maximum Gasteiger partial charge on any atom is 0.411 e. The van der Waals surface area contributed by atoms with Crippen LogP contribution in [0.3, 0.4) is 0 Å². The molecule has 1 saturated heterocycles. The number of sulfonamides is 1. The number of benzene rings is 1. The van der Waals surface area contributed by atoms with Crippen molar-refractivity contribution in [3.8, 4) is 0 Å². The molecule has 1 N–H and O–H groups in total. The summed E-state index contributed by atoms with van der Waals surface area (Å²) >= 11 is 0. The Morgan fingerprint density at radius 2 is 1.91 bits per heavy atom. The topological polar surface area (TPSA) is 75.7 Å². The minimum Gasteiger partial charge on any atom is -0.444 e. The van der Waals surface area contributed by atoms with Crippen LogP contribution in [0.1, 0.15) is 33.6 Å². The molecule has 0 saturated carbocycles. The average molecular weight is 326 g/mol. The summed E-state index contributed by atoms with van der Waals surface area (Å²) in [5, 5.41) is -0.900. The molecular weight excluding hydrogens is 304 g/mol. The third kappa shape index (κ3) is 4.13. The van der Waals surface area contributed by atoms with Crippen LogP contribution in [0.25, 0.3) is 0 Å². The number of carbonyl (C=O) groups is 1. The number of nitrogens with zero attached hydrogens (tertiary/aromatic N) is 1. The number of rotatable bonds is 3. The number of hydrogen-bond acceptors (Lipinski definition) is 4. The van der Waals surface area contributed by atoms with Crippen molar-refractivity contribution in [2.75, 3.05) is 11.3 Å². The Morgan fingerprint density at radius 1 is 1.27 bits per heavy atom. The number of para-hydroxylation sites is 1. The van der Waals surface area contributed by atoms with Gasteiger partial charge in [0, 0.05) is 12.2 Å². The summed E-state index contributed by atoms with van der Waals surface area (Å²) in [4.78, 5) is 13.5. The maximum absolute atomic E-state index is 12.5. The second-order valence-corrected chi connectivity index (χ2v) is 8.12. The van der Waals surface area contributed by atoms with Crippen LogP contribution in [0.5, 0.6) is 0 Å². The molecule has 0 unspecified atom stereocenters. The van der Waals surface area contributed by atoms with E-state index in [4.69, 9.17) is 4.74 Å². The van der Waals surface area contributed by atoms with Crippen LogP contribution in [0.15, 0.2) is 30.3 Å². The van der Waals surface area contributed by atoms with Crippen molar-refractivity contribution < 1.29 is 17.9 Å². The molecule has 1 fully saturated rings. The molecule has 1 aliphatic rings. The molecule has 7 heteroatoms. The summed E-state index contributed by atoms with van der Waals surface area (Å²) in [5.74, 6) is 0. The lowest BCUT2D eigenvalue weighted by Gasteiger charge is -2.28. The number of likely N-dealkylation sites (tertiary alicyclic amines) is 1. The second kappa shape index (κ2) is 6.16. The van der Waals surface area contributed by atoms with E-state index in [1.165, 1.54) is 4.90 Å². The van der Waals surface area contributed by atoms with E-state index in [2.05, 4.69) is 4.72 Å². The first-order chi connectivity index (χ1) is 10.2. The summed E-state index contributed by atoms with van der Waals surface area (Å²) in [6.07, 6.45) is 0.453. The maximum atomic E-state index is 12.5. The van der Waals surface area contributed by atoms with Gasteiger partial charge in [-0.2, -0.15) is 0 Å². The normalized spacial score (nSPS) is 19.0. The van der Waals surface area contributed by atoms with Gasteiger partial charge in [0.15, 0.2) is 5.37 Å². The van der Waals surface area contributed by atoms with Gasteiger partial charge in [0.05, 0.1) is 0 Å². The first-order valence-corrected chi connectivity index (χ1v) is 8.80. The van der Waals surface area contributed by atoms with Gasteiger partial charge in [-0.1, -0.05) is 18.2 Å². The van der Waals surface area contributed by atoms with Gasteiger partial charge in [0.25, 0.3) is 10.0 Å². The van der Waals surface area contributed by atoms with Crippen molar-refractivity contribution in [2.24, 2.45) is 0 Å². The fourth-order valence-corrected chi connectivity index (χ4v) is 3.93. The lowest BCUT2D eigenvalue weighted by Crippen LogP contribution is -2.45. The minimum atomic E-state index is -3.69. The average Bonchev–Trinajstić information content (AvgIpc) is 2.87. The molecule has 0 spiro atoms. The zero-order valence-corrected chi connectivity index (χ0v) is 13.9. The highest BCUT2D eigenvalue weighted by atomic mass is 32.2. The minimum absolute atomic E-state index is 0.384. The van der Waals surface area contributed by atoms with E-state index >= 15 is 0 Å². The summed E-state index contributed by atoms with van der Waals surface area (Å²) in [6.45, 7) is 5.65. The van der Waals surface area contributed by atoms with Crippen molar-refractivity contribution in [1.29, 1.82) is 0 Å². The summed E-state index contributed by atoms with van der Waals surface area (Å²) in [5.41, 5.74) is -0.167. The number of nitrogens with one attached hydrogen (secondary N) is 1. The van der Waals surface area contributed by atoms with E-state index in [1.807, 2.05) is 0 Å². The molecule has 0 radical (unpaired) electrons. The van der Waals surface area contributed by atoms with E-state index in [0.717, 1.165) is 0 Å². The van der Waals surface area contributed by atoms with Crippen LogP contribution >= 0.6 is 0 Å². The molecular formula is C15H22N2O4S. The highest BCUT2D eigenvalue weighted by Gasteiger charge is 2.40. The fraction of sp³-hybridized carbons (Fsp3) is 0.533. The lowest BCUT2D eigenvalue weighted by molar-refractivity contribution is 0.0272. The number of amides is 1. The lowest BCUT2D eigenvalue weighted by atomic mass is 10.2. The van der Waals surface area contributed by atoms with Crippen molar-refractivity contribution in [3.05, 3.63) is 30.3 Å². The van der Waals surface area contributed by atoms with Crippen LogP contribution in [0, 0.1) is 0 Å². The van der Waals surface area contributed by atoms with Crippen molar-refractivity contribution in [1.82, 2.24) is 4.90 Å². The standard InChI is InChI=1S/C15H22N2O4S/c1-15(2,3)21-14(18)17-11-7-10-13(17)22(19,20)16-12-8-5-4-6-9-12/h4-6,8-9,13,16H,7,10-11H2,1-3H3/t13-/m0/s1. The number of hydrogen-bond donors (Lipinski definition) is 1. The first kappa shape index (κ1) is 16.6. The highest BCUT2D eigenvalue weighted by Crippen LogP contribution is 2.26. The quantitative estimate of drug-likeness (QED) is 0.926. The molecule has 0 aromatic heterocycles. The van der Waals surface area contributed by atoms with E-state index in [9.17, 15) is 13.2 Å². The predicted octanol–water partition coefficient (Wildman–Crippen LogP) is 2.79. The molecule has 1 aliphatic heterocycles. The molecule has 6 nitrogen and oxygen atoms in total. The molecule has 1 aromatic carbocycles. The van der Waals surface area contributed by atoms with Crippen LogP contribution in [-0.4, -0.2) is 36.9 Å². The smallest absolute Gasteiger partial charge is 0.411 e. The zero-order valence-electron chi connectivity index (χ0n) is 13.1. The Kier molecular flexibility index (Phi) is 4.65. The number of ether oxygens (including phenoxy) is 1. The molecule has 1 amide bonds. The van der Waals surface area contributed by atoms with Crippen molar-refractivity contribution in [2.45, 2.75) is 44.6 Å².